The van der Waals surface area contributed by atoms with E-state index in [1.54, 1.807) is 0 Å². The van der Waals surface area contributed by atoms with Crippen molar-refractivity contribution in [2.45, 2.75) is 58.5 Å². The topological polar surface area (TPSA) is 40.5 Å². The second kappa shape index (κ2) is 6.49. The molecular formula is C13H26O2. The molecule has 3 unspecified atom stereocenters. The SMILES string of the molecule is CCC(CO)CC1CC(O)CC[C@@H]1CC. The van der Waals surface area contributed by atoms with Crippen LogP contribution in [0.1, 0.15) is 52.4 Å². The highest BCUT2D eigenvalue weighted by Gasteiger charge is 2.29. The lowest BCUT2D eigenvalue weighted by molar-refractivity contribution is 0.0501. The van der Waals surface area contributed by atoms with Crippen LogP contribution in [-0.2, 0) is 0 Å². The highest BCUT2D eigenvalue weighted by Crippen LogP contribution is 2.36. The lowest BCUT2D eigenvalue weighted by Gasteiger charge is -2.35. The highest BCUT2D eigenvalue weighted by atomic mass is 16.3. The molecule has 0 aliphatic heterocycles. The molecule has 0 bridgehead atoms. The van der Waals surface area contributed by atoms with Gasteiger partial charge in [-0.25, -0.2) is 0 Å². The molecule has 1 saturated carbocycles. The Hall–Kier alpha value is -0.0800. The predicted octanol–water partition coefficient (Wildman–Crippen LogP) is 2.58. The number of aliphatic hydroxyl groups is 2. The van der Waals surface area contributed by atoms with Gasteiger partial charge >= 0.3 is 0 Å². The number of rotatable bonds is 5. The summed E-state index contributed by atoms with van der Waals surface area (Å²) in [6, 6.07) is 0. The molecule has 2 N–H and O–H groups in total. The van der Waals surface area contributed by atoms with Crippen LogP contribution in [-0.4, -0.2) is 22.9 Å². The summed E-state index contributed by atoms with van der Waals surface area (Å²) in [4.78, 5) is 0. The Morgan fingerprint density at radius 1 is 1.20 bits per heavy atom. The fraction of sp³-hybridized carbons (Fsp3) is 1.00. The zero-order valence-electron chi connectivity index (χ0n) is 10.2. The Labute approximate surface area is 93.7 Å². The molecular weight excluding hydrogens is 188 g/mol. The monoisotopic (exact) mass is 214 g/mol. The Morgan fingerprint density at radius 2 is 1.93 bits per heavy atom. The van der Waals surface area contributed by atoms with Gasteiger partial charge in [-0.1, -0.05) is 26.7 Å². The molecule has 1 fully saturated rings. The fourth-order valence-electron chi connectivity index (χ4n) is 2.93. The van der Waals surface area contributed by atoms with Crippen molar-refractivity contribution in [2.75, 3.05) is 6.61 Å². The van der Waals surface area contributed by atoms with Crippen LogP contribution >= 0.6 is 0 Å². The molecule has 15 heavy (non-hydrogen) atoms. The van der Waals surface area contributed by atoms with Crippen LogP contribution in [0.25, 0.3) is 0 Å². The van der Waals surface area contributed by atoms with Crippen molar-refractivity contribution in [3.05, 3.63) is 0 Å². The molecule has 1 rings (SSSR count). The molecule has 0 radical (unpaired) electrons. The number of hydrogen-bond donors (Lipinski definition) is 2. The van der Waals surface area contributed by atoms with Crippen LogP contribution < -0.4 is 0 Å². The van der Waals surface area contributed by atoms with Crippen LogP contribution in [0.4, 0.5) is 0 Å². The molecule has 90 valence electrons. The first-order chi connectivity index (χ1) is 7.21. The normalized spacial score (nSPS) is 34.0. The predicted molar refractivity (Wildman–Crippen MR) is 62.6 cm³/mol. The van der Waals surface area contributed by atoms with E-state index in [0.717, 1.165) is 31.6 Å². The van der Waals surface area contributed by atoms with E-state index in [2.05, 4.69) is 13.8 Å². The fourth-order valence-corrected chi connectivity index (χ4v) is 2.93. The van der Waals surface area contributed by atoms with Gasteiger partial charge in [0.05, 0.1) is 6.10 Å². The van der Waals surface area contributed by atoms with Gasteiger partial charge in [-0.2, -0.15) is 0 Å². The zero-order valence-corrected chi connectivity index (χ0v) is 10.2. The Balaban J connectivity index is 2.47. The highest BCUT2D eigenvalue weighted by molar-refractivity contribution is 4.80. The molecule has 1 aliphatic rings. The van der Waals surface area contributed by atoms with Crippen molar-refractivity contribution in [1.29, 1.82) is 0 Å². The lowest BCUT2D eigenvalue weighted by atomic mass is 9.72. The first-order valence-electron chi connectivity index (χ1n) is 6.50. The van der Waals surface area contributed by atoms with Crippen molar-refractivity contribution < 1.29 is 10.2 Å². The van der Waals surface area contributed by atoms with Crippen molar-refractivity contribution in [3.63, 3.8) is 0 Å². The third-order valence-electron chi connectivity index (χ3n) is 4.11. The molecule has 4 atom stereocenters. The Bertz CT molecular complexity index is 166. The van der Waals surface area contributed by atoms with Gasteiger partial charge in [-0.15, -0.1) is 0 Å². The summed E-state index contributed by atoms with van der Waals surface area (Å²) in [6.07, 6.45) is 6.39. The molecule has 0 saturated heterocycles. The molecule has 0 aromatic heterocycles. The molecule has 0 aromatic rings. The van der Waals surface area contributed by atoms with Gasteiger partial charge in [0.15, 0.2) is 0 Å². The van der Waals surface area contributed by atoms with Gasteiger partial charge in [0.2, 0.25) is 0 Å². The molecule has 0 aromatic carbocycles. The van der Waals surface area contributed by atoms with E-state index in [1.807, 2.05) is 0 Å². The van der Waals surface area contributed by atoms with Gasteiger partial charge in [-0.3, -0.25) is 0 Å². The van der Waals surface area contributed by atoms with Crippen LogP contribution in [0.5, 0.6) is 0 Å². The summed E-state index contributed by atoms with van der Waals surface area (Å²) >= 11 is 0. The summed E-state index contributed by atoms with van der Waals surface area (Å²) in [5.41, 5.74) is 0. The maximum atomic E-state index is 9.69. The van der Waals surface area contributed by atoms with Crippen LogP contribution in [0.3, 0.4) is 0 Å². The molecule has 1 aliphatic carbocycles. The average molecular weight is 214 g/mol. The summed E-state index contributed by atoms with van der Waals surface area (Å²) in [5.74, 6) is 1.85. The van der Waals surface area contributed by atoms with E-state index >= 15 is 0 Å². The average Bonchev–Trinajstić information content (AvgIpc) is 2.26. The van der Waals surface area contributed by atoms with E-state index in [-0.39, 0.29) is 6.10 Å². The number of hydrogen-bond acceptors (Lipinski definition) is 2. The van der Waals surface area contributed by atoms with Gasteiger partial charge in [0.25, 0.3) is 0 Å². The summed E-state index contributed by atoms with van der Waals surface area (Å²) in [6.45, 7) is 4.69. The van der Waals surface area contributed by atoms with Gasteiger partial charge in [0, 0.05) is 6.61 Å². The van der Waals surface area contributed by atoms with Crippen LogP contribution in [0, 0.1) is 17.8 Å². The molecule has 0 amide bonds. The smallest absolute Gasteiger partial charge is 0.0543 e. The van der Waals surface area contributed by atoms with Crippen molar-refractivity contribution in [2.24, 2.45) is 17.8 Å². The zero-order chi connectivity index (χ0) is 11.3. The van der Waals surface area contributed by atoms with Crippen molar-refractivity contribution in [3.8, 4) is 0 Å². The van der Waals surface area contributed by atoms with E-state index in [4.69, 9.17) is 0 Å². The standard InChI is InChI=1S/C13H26O2/c1-3-10(9-14)7-12-8-13(15)6-5-11(12)4-2/h10-15H,3-9H2,1-2H3/t10?,11-,12?,13?/m0/s1. The quantitative estimate of drug-likeness (QED) is 0.738. The van der Waals surface area contributed by atoms with Crippen molar-refractivity contribution >= 4 is 0 Å². The molecule has 2 nitrogen and oxygen atoms in total. The minimum Gasteiger partial charge on any atom is -0.396 e. The largest absolute Gasteiger partial charge is 0.396 e. The lowest BCUT2D eigenvalue weighted by Crippen LogP contribution is -2.29. The molecule has 2 heteroatoms. The maximum absolute atomic E-state index is 9.69. The summed E-state index contributed by atoms with van der Waals surface area (Å²) in [7, 11) is 0. The van der Waals surface area contributed by atoms with Gasteiger partial charge < -0.3 is 10.2 Å². The van der Waals surface area contributed by atoms with Crippen molar-refractivity contribution in [1.82, 2.24) is 0 Å². The number of aliphatic hydroxyl groups excluding tert-OH is 2. The molecule has 0 heterocycles. The van der Waals surface area contributed by atoms with Gasteiger partial charge in [0.1, 0.15) is 0 Å². The second-order valence-electron chi connectivity index (χ2n) is 5.09. The van der Waals surface area contributed by atoms with Crippen LogP contribution in [0.2, 0.25) is 0 Å². The third kappa shape index (κ3) is 3.76. The Kier molecular flexibility index (Phi) is 5.62. The van der Waals surface area contributed by atoms with Crippen LogP contribution in [0.15, 0.2) is 0 Å². The molecule has 0 spiro atoms. The Morgan fingerprint density at radius 3 is 2.47 bits per heavy atom. The maximum Gasteiger partial charge on any atom is 0.0543 e. The minimum absolute atomic E-state index is 0.0889. The summed E-state index contributed by atoms with van der Waals surface area (Å²) < 4.78 is 0. The summed E-state index contributed by atoms with van der Waals surface area (Å²) in [5, 5.41) is 18.9. The van der Waals surface area contributed by atoms with E-state index in [1.165, 1.54) is 12.8 Å². The minimum atomic E-state index is -0.0889. The van der Waals surface area contributed by atoms with Gasteiger partial charge in [-0.05, 0) is 43.4 Å². The van der Waals surface area contributed by atoms with E-state index in [9.17, 15) is 10.2 Å². The first-order valence-corrected chi connectivity index (χ1v) is 6.50. The third-order valence-corrected chi connectivity index (χ3v) is 4.11. The first kappa shape index (κ1) is 13.0. The second-order valence-corrected chi connectivity index (χ2v) is 5.09. The van der Waals surface area contributed by atoms with E-state index in [0.29, 0.717) is 18.4 Å². The van der Waals surface area contributed by atoms with E-state index < -0.39 is 0 Å².